The first-order chi connectivity index (χ1) is 33.9. The highest BCUT2D eigenvalue weighted by atomic mass is 35.5. The Morgan fingerprint density at radius 1 is 0.930 bits per heavy atom. The lowest BCUT2D eigenvalue weighted by Crippen LogP contribution is -2.47. The van der Waals surface area contributed by atoms with Gasteiger partial charge in [0, 0.05) is 95.4 Å². The predicted molar refractivity (Wildman–Crippen MR) is 284 cm³/mol. The van der Waals surface area contributed by atoms with E-state index in [2.05, 4.69) is 75.5 Å². The van der Waals surface area contributed by atoms with Gasteiger partial charge in [-0.2, -0.15) is 5.10 Å². The normalized spacial score (nSPS) is 18.5. The number of fused-ring (bicyclic) bond motifs is 1. The summed E-state index contributed by atoms with van der Waals surface area (Å²) in [6.07, 6.45) is 8.99. The van der Waals surface area contributed by atoms with Crippen LogP contribution in [0.3, 0.4) is 0 Å². The number of rotatable bonds is 18. The molecule has 0 bridgehead atoms. The molecule has 0 unspecified atom stereocenters. The van der Waals surface area contributed by atoms with Crippen molar-refractivity contribution in [1.82, 2.24) is 24.3 Å². The van der Waals surface area contributed by atoms with E-state index in [1.54, 1.807) is 29.1 Å². The van der Waals surface area contributed by atoms with Crippen molar-refractivity contribution in [3.63, 3.8) is 0 Å². The van der Waals surface area contributed by atoms with E-state index in [4.69, 9.17) is 21.1 Å². The van der Waals surface area contributed by atoms with Crippen molar-refractivity contribution >= 4 is 69.1 Å². The SMILES string of the molecule is CC1(C)CCC(CN2CCN(c3ccc(C(=O)NS(=O)(=O)c4ccc(NC5CCN(C6CC6)CC5)c([N+](=O)[O-])c4)c(Oc4cccc5c4cnn5COCC[Si](C)(C)C)c3)CC2)=C(c2ccc(Cl)cc2)C1. The van der Waals surface area contributed by atoms with Crippen LogP contribution in [0, 0.1) is 15.5 Å². The molecule has 5 aromatic rings. The maximum absolute atomic E-state index is 14.3. The zero-order valence-corrected chi connectivity index (χ0v) is 44.2. The fraction of sp³-hybridized carbons (Fsp3) is 0.472. The number of likely N-dealkylation sites (tertiary alicyclic amines) is 1. The molecule has 4 aromatic carbocycles. The first kappa shape index (κ1) is 50.6. The number of amides is 1. The van der Waals surface area contributed by atoms with Gasteiger partial charge in [-0.15, -0.1) is 0 Å². The number of ether oxygens (including phenoxy) is 2. The highest BCUT2D eigenvalue weighted by Crippen LogP contribution is 2.44. The third kappa shape index (κ3) is 12.5. The van der Waals surface area contributed by atoms with Crippen LogP contribution in [0.5, 0.6) is 11.5 Å². The fourth-order valence-corrected chi connectivity index (χ4v) is 11.9. The topological polar surface area (TPSA) is 164 Å². The van der Waals surface area contributed by atoms with E-state index < -0.39 is 33.8 Å². The molecule has 9 rings (SSSR count). The molecule has 2 aliphatic carbocycles. The van der Waals surface area contributed by atoms with Crippen LogP contribution < -0.4 is 19.7 Å². The van der Waals surface area contributed by atoms with E-state index in [9.17, 15) is 23.3 Å². The summed E-state index contributed by atoms with van der Waals surface area (Å²) in [6, 6.07) is 24.3. The number of sulfonamides is 1. The van der Waals surface area contributed by atoms with Crippen molar-refractivity contribution in [1.29, 1.82) is 0 Å². The Morgan fingerprint density at radius 2 is 1.68 bits per heavy atom. The average Bonchev–Trinajstić information content (AvgIpc) is 4.10. The molecule has 15 nitrogen and oxygen atoms in total. The van der Waals surface area contributed by atoms with Crippen LogP contribution >= 0.6 is 11.6 Å². The molecular formula is C53H67ClN8O7SSi. The molecule has 3 heterocycles. The van der Waals surface area contributed by atoms with Crippen LogP contribution in [-0.4, -0.2) is 111 Å². The lowest BCUT2D eigenvalue weighted by Gasteiger charge is -2.39. The molecular weight excluding hydrogens is 956 g/mol. The molecule has 1 aromatic heterocycles. The van der Waals surface area contributed by atoms with E-state index in [1.807, 2.05) is 30.3 Å². The third-order valence-electron chi connectivity index (χ3n) is 14.5. The highest BCUT2D eigenvalue weighted by molar-refractivity contribution is 7.90. The second kappa shape index (κ2) is 21.0. The first-order valence-corrected chi connectivity index (χ1v) is 30.6. The van der Waals surface area contributed by atoms with E-state index in [0.717, 1.165) is 106 Å². The second-order valence-electron chi connectivity index (χ2n) is 21.7. The van der Waals surface area contributed by atoms with Gasteiger partial charge in [0.2, 0.25) is 0 Å². The number of nitro benzene ring substituents is 1. The van der Waals surface area contributed by atoms with Crippen molar-refractivity contribution < 1.29 is 27.6 Å². The van der Waals surface area contributed by atoms with Gasteiger partial charge in [-0.1, -0.05) is 68.9 Å². The smallest absolute Gasteiger partial charge is 0.293 e. The Bertz CT molecular complexity index is 2900. The number of nitro groups is 1. The zero-order chi connectivity index (χ0) is 50.1. The van der Waals surface area contributed by atoms with Crippen molar-refractivity contribution in [3.05, 3.63) is 117 Å². The standard InChI is InChI=1S/C53H67ClN8O7SSi/c1-53(2)22-19-38(45(33-53)37-9-11-39(54)12-10-37)35-58-25-27-60(28-26-58)42-15-17-44(51(31-42)69-50-8-6-7-48-46(50)34-55-61(48)36-68-29-30-71(3,4)5)52(63)57-70(66,67)43-16-18-47(49(32-43)62(64)65)56-40-20-23-59(24-21-40)41-13-14-41/h6-12,15-18,31-32,34,40-41,56H,13-14,19-30,33,35-36H2,1-5H3,(H,57,63). The quantitative estimate of drug-likeness (QED) is 0.0370. The van der Waals surface area contributed by atoms with Crippen LogP contribution in [0.4, 0.5) is 17.1 Å². The molecule has 0 spiro atoms. The molecule has 18 heteroatoms. The molecule has 71 heavy (non-hydrogen) atoms. The maximum Gasteiger partial charge on any atom is 0.293 e. The monoisotopic (exact) mass is 1020 g/mol. The molecule has 2 N–H and O–H groups in total. The number of allylic oxidation sites excluding steroid dienone is 1. The molecule has 4 aliphatic rings. The van der Waals surface area contributed by atoms with E-state index in [-0.39, 0.29) is 40.9 Å². The summed E-state index contributed by atoms with van der Waals surface area (Å²) >= 11 is 6.28. The van der Waals surface area contributed by atoms with Crippen molar-refractivity contribution in [2.45, 2.75) is 108 Å². The van der Waals surface area contributed by atoms with Gasteiger partial charge in [-0.05, 0) is 116 Å². The molecule has 0 radical (unpaired) electrons. The summed E-state index contributed by atoms with van der Waals surface area (Å²) < 4.78 is 44.6. The first-order valence-electron chi connectivity index (χ1n) is 25.0. The molecule has 2 saturated heterocycles. The Kier molecular flexibility index (Phi) is 15.0. The number of nitrogens with one attached hydrogen (secondary N) is 2. The maximum atomic E-state index is 14.3. The number of aromatic nitrogens is 2. The van der Waals surface area contributed by atoms with Crippen LogP contribution in [0.1, 0.15) is 74.7 Å². The van der Waals surface area contributed by atoms with Gasteiger partial charge in [0.1, 0.15) is 23.9 Å². The summed E-state index contributed by atoms with van der Waals surface area (Å²) in [7, 11) is -5.88. The number of piperazine rings is 1. The zero-order valence-electron chi connectivity index (χ0n) is 41.6. The number of hydrogen-bond donors (Lipinski definition) is 2. The lowest BCUT2D eigenvalue weighted by molar-refractivity contribution is -0.384. The molecule has 1 amide bonds. The molecule has 1 saturated carbocycles. The minimum absolute atomic E-state index is 0.0189. The van der Waals surface area contributed by atoms with E-state index in [1.165, 1.54) is 41.7 Å². The summed E-state index contributed by atoms with van der Waals surface area (Å²) in [4.78, 5) is 32.9. The van der Waals surface area contributed by atoms with Crippen LogP contribution in [0.2, 0.25) is 30.7 Å². The largest absolute Gasteiger partial charge is 0.456 e. The van der Waals surface area contributed by atoms with Crippen LogP contribution in [-0.2, 0) is 21.5 Å². The molecule has 3 fully saturated rings. The van der Waals surface area contributed by atoms with Crippen molar-refractivity contribution in [2.24, 2.45) is 5.41 Å². The van der Waals surface area contributed by atoms with Gasteiger partial charge in [0.25, 0.3) is 21.6 Å². The Labute approximate surface area is 423 Å². The van der Waals surface area contributed by atoms with Gasteiger partial charge >= 0.3 is 0 Å². The predicted octanol–water partition coefficient (Wildman–Crippen LogP) is 10.6. The minimum atomic E-state index is -4.59. The van der Waals surface area contributed by atoms with Crippen molar-refractivity contribution in [3.8, 4) is 11.5 Å². The number of benzene rings is 4. The fourth-order valence-electron chi connectivity index (χ4n) is 10.1. The minimum Gasteiger partial charge on any atom is -0.456 e. The number of piperidine rings is 1. The molecule has 378 valence electrons. The number of anilines is 2. The number of halogens is 1. The van der Waals surface area contributed by atoms with Gasteiger partial charge in [0.05, 0.1) is 32.5 Å². The van der Waals surface area contributed by atoms with E-state index >= 15 is 0 Å². The Hall–Kier alpha value is -5.30. The number of nitrogens with zero attached hydrogens (tertiary/aromatic N) is 6. The third-order valence-corrected chi connectivity index (χ3v) is 17.8. The lowest BCUT2D eigenvalue weighted by atomic mass is 9.72. The van der Waals surface area contributed by atoms with Crippen LogP contribution in [0.15, 0.2) is 95.5 Å². The Balaban J connectivity index is 0.949. The number of carbonyl (C=O) groups is 1. The van der Waals surface area contributed by atoms with Gasteiger partial charge in [0.15, 0.2) is 0 Å². The van der Waals surface area contributed by atoms with Crippen molar-refractivity contribution in [2.75, 3.05) is 62.6 Å². The summed E-state index contributed by atoms with van der Waals surface area (Å²) in [5, 5.41) is 21.7. The summed E-state index contributed by atoms with van der Waals surface area (Å²) in [6.45, 7) is 18.3. The number of hydrogen-bond acceptors (Lipinski definition) is 12. The summed E-state index contributed by atoms with van der Waals surface area (Å²) in [5.74, 6) is -0.375. The van der Waals surface area contributed by atoms with Gasteiger partial charge in [-0.25, -0.2) is 17.8 Å². The Morgan fingerprint density at radius 3 is 2.38 bits per heavy atom. The summed E-state index contributed by atoms with van der Waals surface area (Å²) in [5.41, 5.74) is 5.76. The van der Waals surface area contributed by atoms with E-state index in [0.29, 0.717) is 23.8 Å². The van der Waals surface area contributed by atoms with Gasteiger partial charge < -0.3 is 24.6 Å². The number of carbonyl (C=O) groups excluding carboxylic acids is 1. The molecule has 2 aliphatic heterocycles. The molecule has 0 atom stereocenters. The highest BCUT2D eigenvalue weighted by Gasteiger charge is 2.34. The second-order valence-corrected chi connectivity index (χ2v) is 29.5. The van der Waals surface area contributed by atoms with Gasteiger partial charge in [-0.3, -0.25) is 19.8 Å². The van der Waals surface area contributed by atoms with Crippen LogP contribution in [0.25, 0.3) is 16.5 Å². The average molecular weight is 1020 g/mol.